The molecule has 4 aromatic rings. The molecule has 15 heteroatoms. The first-order chi connectivity index (χ1) is 23.5. The lowest BCUT2D eigenvalue weighted by Gasteiger charge is -2.31. The van der Waals surface area contributed by atoms with Crippen LogP contribution >= 0.6 is 45.3 Å². The lowest BCUT2D eigenvalue weighted by molar-refractivity contribution is -0.258. The molecule has 0 aliphatic carbocycles. The molecule has 0 aromatic carbocycles. The molecule has 0 bridgehead atoms. The Bertz CT molecular complexity index is 1300. The first-order valence-corrected chi connectivity index (χ1v) is 18.9. The van der Waals surface area contributed by atoms with Crippen molar-refractivity contribution in [3.8, 4) is 0 Å². The third-order valence-electron chi connectivity index (χ3n) is 7.10. The van der Waals surface area contributed by atoms with E-state index >= 15 is 0 Å². The van der Waals surface area contributed by atoms with Crippen molar-refractivity contribution in [1.82, 2.24) is 14.7 Å². The van der Waals surface area contributed by atoms with Crippen molar-refractivity contribution in [3.63, 3.8) is 0 Å². The first kappa shape index (κ1) is 38.1. The molecule has 2 atom stereocenters. The minimum atomic E-state index is -0.712. The fourth-order valence-electron chi connectivity index (χ4n) is 4.68. The van der Waals surface area contributed by atoms with Gasteiger partial charge in [0.05, 0.1) is 26.3 Å². The van der Waals surface area contributed by atoms with E-state index in [0.717, 1.165) is 22.6 Å². The van der Waals surface area contributed by atoms with Crippen LogP contribution in [0.4, 0.5) is 4.79 Å². The van der Waals surface area contributed by atoms with Crippen molar-refractivity contribution in [2.45, 2.75) is 51.5 Å². The Labute approximate surface area is 298 Å². The van der Waals surface area contributed by atoms with Crippen LogP contribution in [-0.4, -0.2) is 87.4 Å². The largest absolute Gasteiger partial charge is 0.441 e. The summed E-state index contributed by atoms with van der Waals surface area (Å²) in [4.78, 5) is 34.0. The topological polar surface area (TPSA) is 99.2 Å². The van der Waals surface area contributed by atoms with E-state index < -0.39 is 12.5 Å². The third-order valence-corrected chi connectivity index (χ3v) is 10.5. The highest BCUT2D eigenvalue weighted by Crippen LogP contribution is 2.22. The van der Waals surface area contributed by atoms with Crippen LogP contribution in [0.3, 0.4) is 0 Å². The van der Waals surface area contributed by atoms with E-state index in [1.165, 1.54) is 9.75 Å². The van der Waals surface area contributed by atoms with E-state index in [2.05, 4.69) is 21.9 Å². The lowest BCUT2D eigenvalue weighted by Crippen LogP contribution is -2.40. The summed E-state index contributed by atoms with van der Waals surface area (Å²) in [6, 6.07) is 16.3. The average molecular weight is 738 g/mol. The highest BCUT2D eigenvalue weighted by atomic mass is 32.1. The summed E-state index contributed by atoms with van der Waals surface area (Å²) in [6.07, 6.45) is 0.312. The second kappa shape index (κ2) is 22.1. The number of hydrogen-bond acceptors (Lipinski definition) is 14. The van der Waals surface area contributed by atoms with E-state index in [1.807, 2.05) is 72.0 Å². The molecule has 4 rings (SSSR count). The number of rotatable bonds is 25. The van der Waals surface area contributed by atoms with Crippen molar-refractivity contribution >= 4 is 57.9 Å². The lowest BCUT2D eigenvalue weighted by atomic mass is 10.1. The highest BCUT2D eigenvalue weighted by Gasteiger charge is 2.23. The second-order valence-corrected chi connectivity index (χ2v) is 14.9. The Morgan fingerprint density at radius 1 is 0.708 bits per heavy atom. The molecule has 48 heavy (non-hydrogen) atoms. The molecule has 0 aliphatic heterocycles. The maximum atomic E-state index is 12.8. The van der Waals surface area contributed by atoms with Crippen molar-refractivity contribution < 1.29 is 38.0 Å². The van der Waals surface area contributed by atoms with Gasteiger partial charge in [-0.1, -0.05) is 24.3 Å². The molecule has 4 aromatic heterocycles. The monoisotopic (exact) mass is 737 g/mol. The van der Waals surface area contributed by atoms with Crippen LogP contribution in [0.25, 0.3) is 0 Å². The number of ether oxygens (including phenoxy) is 6. The van der Waals surface area contributed by atoms with Gasteiger partial charge in [0.15, 0.2) is 20.4 Å². The summed E-state index contributed by atoms with van der Waals surface area (Å²) in [5.41, 5.74) is 0. The molecular formula is C33H43N3O8S4. The summed E-state index contributed by atoms with van der Waals surface area (Å²) >= 11 is 6.54. The first-order valence-electron chi connectivity index (χ1n) is 15.4. The summed E-state index contributed by atoms with van der Waals surface area (Å²) < 4.78 is 33.5. The van der Waals surface area contributed by atoms with E-state index in [0.29, 0.717) is 45.9 Å². The quantitative estimate of drug-likeness (QED) is 0.0407. The minimum Gasteiger partial charge on any atom is -0.441 e. The number of amides is 1. The summed E-state index contributed by atoms with van der Waals surface area (Å²) in [6.45, 7) is 3.04. The molecule has 0 N–H and O–H groups in total. The van der Waals surface area contributed by atoms with Gasteiger partial charge < -0.3 is 33.3 Å². The Morgan fingerprint density at radius 2 is 1.25 bits per heavy atom. The van der Waals surface area contributed by atoms with E-state index in [9.17, 15) is 9.59 Å². The summed E-state index contributed by atoms with van der Waals surface area (Å²) in [5, 5.41) is 8.07. The molecule has 1 amide bonds. The molecular weight excluding hydrogens is 695 g/mol. The van der Waals surface area contributed by atoms with Crippen LogP contribution in [-0.2, 0) is 59.4 Å². The SMILES string of the molecule is CN(C)C(CCOCOCOC(=O)N(Cc1cccs1)Cc1cccs1)CCOC(OCOC=O)N(Cc1cccs1)Cc1cccs1. The molecule has 2 unspecified atom stereocenters. The Hall–Kier alpha value is -2.70. The van der Waals surface area contributed by atoms with Gasteiger partial charge in [-0.25, -0.2) is 9.69 Å². The number of hydrogen-bond donors (Lipinski definition) is 0. The number of thiophene rings is 4. The predicted molar refractivity (Wildman–Crippen MR) is 189 cm³/mol. The zero-order chi connectivity index (χ0) is 33.8. The Balaban J connectivity index is 1.18. The van der Waals surface area contributed by atoms with Gasteiger partial charge >= 0.3 is 6.09 Å². The zero-order valence-electron chi connectivity index (χ0n) is 27.2. The fraction of sp³-hybridized carbons (Fsp3) is 0.455. The van der Waals surface area contributed by atoms with Gasteiger partial charge in [0.25, 0.3) is 6.47 Å². The van der Waals surface area contributed by atoms with Gasteiger partial charge in [-0.15, -0.1) is 45.3 Å². The van der Waals surface area contributed by atoms with Crippen molar-refractivity contribution in [3.05, 3.63) is 89.6 Å². The van der Waals surface area contributed by atoms with E-state index in [1.54, 1.807) is 50.2 Å². The van der Waals surface area contributed by atoms with Gasteiger partial charge in [-0.2, -0.15) is 0 Å². The number of carbonyl (C=O) groups excluding carboxylic acids is 2. The van der Waals surface area contributed by atoms with E-state index in [4.69, 9.17) is 28.4 Å². The molecule has 4 heterocycles. The van der Waals surface area contributed by atoms with Crippen LogP contribution in [0.15, 0.2) is 70.1 Å². The average Bonchev–Trinajstić information content (AvgIpc) is 3.92. The standard InChI is InChI=1S/C33H43N3O8S4/c1-34(2)27(11-13-39-24-41-26-43-32(38)35(19-28-7-3-15-45-28)20-29-8-4-16-46-29)12-14-42-33(44-25-40-23-37)36(21-30-9-5-17-47-30)22-31-10-6-18-48-31/h3-10,15-18,23,27,33H,11-14,19-22,24-26H2,1-2H3. The number of nitrogens with zero attached hydrogens (tertiary/aromatic N) is 3. The van der Waals surface area contributed by atoms with Gasteiger partial charge in [-0.05, 0) is 72.7 Å². The van der Waals surface area contributed by atoms with E-state index in [-0.39, 0.29) is 26.4 Å². The predicted octanol–water partition coefficient (Wildman–Crippen LogP) is 6.88. The van der Waals surface area contributed by atoms with Gasteiger partial charge in [0.1, 0.15) is 0 Å². The summed E-state index contributed by atoms with van der Waals surface area (Å²) in [5.74, 6) is 0. The van der Waals surface area contributed by atoms with Crippen molar-refractivity contribution in [2.75, 3.05) is 47.7 Å². The van der Waals surface area contributed by atoms with Crippen molar-refractivity contribution in [1.29, 1.82) is 0 Å². The fourth-order valence-corrected chi connectivity index (χ4v) is 7.58. The smallest absolute Gasteiger partial charge is 0.412 e. The Kier molecular flexibility index (Phi) is 17.5. The molecule has 0 aliphatic rings. The third kappa shape index (κ3) is 14.0. The molecule has 0 spiro atoms. The maximum absolute atomic E-state index is 12.8. The molecule has 0 saturated heterocycles. The molecule has 11 nitrogen and oxygen atoms in total. The van der Waals surface area contributed by atoms with Gasteiger partial charge in [0.2, 0.25) is 6.41 Å². The van der Waals surface area contributed by atoms with Crippen LogP contribution in [0.5, 0.6) is 0 Å². The second-order valence-electron chi connectivity index (χ2n) is 10.8. The van der Waals surface area contributed by atoms with Crippen LogP contribution in [0, 0.1) is 0 Å². The summed E-state index contributed by atoms with van der Waals surface area (Å²) in [7, 11) is 4.04. The van der Waals surface area contributed by atoms with Gasteiger partial charge in [-0.3, -0.25) is 9.69 Å². The number of carbonyl (C=O) groups is 2. The minimum absolute atomic E-state index is 0.00677. The normalized spacial score (nSPS) is 12.8. The Morgan fingerprint density at radius 3 is 1.75 bits per heavy atom. The van der Waals surface area contributed by atoms with Crippen LogP contribution < -0.4 is 0 Å². The molecule has 0 saturated carbocycles. The molecule has 0 fully saturated rings. The zero-order valence-corrected chi connectivity index (χ0v) is 30.4. The van der Waals surface area contributed by atoms with Gasteiger partial charge in [0, 0.05) is 38.6 Å². The van der Waals surface area contributed by atoms with Crippen molar-refractivity contribution in [2.24, 2.45) is 0 Å². The van der Waals surface area contributed by atoms with Crippen LogP contribution in [0.1, 0.15) is 32.4 Å². The van der Waals surface area contributed by atoms with Crippen LogP contribution in [0.2, 0.25) is 0 Å². The highest BCUT2D eigenvalue weighted by molar-refractivity contribution is 7.10. The maximum Gasteiger partial charge on any atom is 0.412 e. The molecule has 262 valence electrons. The molecule has 0 radical (unpaired) electrons.